The molecule has 1 atom stereocenters. The highest BCUT2D eigenvalue weighted by Gasteiger charge is 2.26. The molecule has 5 nitrogen and oxygen atoms in total. The first-order chi connectivity index (χ1) is 9.20. The number of hydrogen-bond acceptors (Lipinski definition) is 3. The van der Waals surface area contributed by atoms with Crippen LogP contribution in [-0.2, 0) is 0 Å². The van der Waals surface area contributed by atoms with Crippen molar-refractivity contribution in [3.63, 3.8) is 0 Å². The molecule has 0 fully saturated rings. The van der Waals surface area contributed by atoms with E-state index in [0.717, 1.165) is 22.1 Å². The van der Waals surface area contributed by atoms with Gasteiger partial charge in [0.15, 0.2) is 0 Å². The van der Waals surface area contributed by atoms with Crippen LogP contribution < -0.4 is 15.8 Å². The quantitative estimate of drug-likeness (QED) is 0.861. The van der Waals surface area contributed by atoms with Crippen molar-refractivity contribution < 1.29 is 9.53 Å². The van der Waals surface area contributed by atoms with Gasteiger partial charge in [-0.05, 0) is 17.0 Å². The lowest BCUT2D eigenvalue weighted by Gasteiger charge is -2.15. The number of fused-ring (bicyclic) bond motifs is 1. The Kier molecular flexibility index (Phi) is 2.59. The van der Waals surface area contributed by atoms with Gasteiger partial charge in [-0.2, -0.15) is 4.99 Å². The van der Waals surface area contributed by atoms with Crippen LogP contribution in [0.1, 0.15) is 11.6 Å². The van der Waals surface area contributed by atoms with Crippen LogP contribution in [0.25, 0.3) is 10.8 Å². The van der Waals surface area contributed by atoms with E-state index in [9.17, 15) is 4.79 Å². The highest BCUT2D eigenvalue weighted by atomic mass is 16.5. The summed E-state index contributed by atoms with van der Waals surface area (Å²) in [6.07, 6.45) is 0. The van der Waals surface area contributed by atoms with Gasteiger partial charge < -0.3 is 15.8 Å². The first kappa shape index (κ1) is 11.5. The number of aliphatic imine (C=N–C) groups is 1. The molecule has 1 aliphatic heterocycles. The minimum atomic E-state index is -0.401. The highest BCUT2D eigenvalue weighted by molar-refractivity contribution is 6.06. The number of nitrogens with zero attached hydrogens (tertiary/aromatic N) is 1. The molecule has 96 valence electrons. The van der Waals surface area contributed by atoms with Gasteiger partial charge in [-0.3, -0.25) is 0 Å². The minimum Gasteiger partial charge on any atom is -0.496 e. The van der Waals surface area contributed by atoms with Gasteiger partial charge in [-0.1, -0.05) is 30.3 Å². The van der Waals surface area contributed by atoms with E-state index in [1.807, 2.05) is 36.4 Å². The zero-order chi connectivity index (χ0) is 13.4. The van der Waals surface area contributed by atoms with E-state index in [-0.39, 0.29) is 6.04 Å². The number of nitrogens with one attached hydrogen (secondary N) is 1. The average Bonchev–Trinajstić information content (AvgIpc) is 2.76. The normalized spacial score (nSPS) is 18.3. The molecule has 1 aliphatic rings. The predicted octanol–water partition coefficient (Wildman–Crippen LogP) is 1.97. The van der Waals surface area contributed by atoms with E-state index >= 15 is 0 Å². The monoisotopic (exact) mass is 255 g/mol. The van der Waals surface area contributed by atoms with Gasteiger partial charge in [-0.25, -0.2) is 4.79 Å². The zero-order valence-corrected chi connectivity index (χ0v) is 10.4. The van der Waals surface area contributed by atoms with Crippen LogP contribution in [0.5, 0.6) is 5.75 Å². The van der Waals surface area contributed by atoms with Crippen LogP contribution in [0, 0.1) is 0 Å². The Hall–Kier alpha value is -2.56. The summed E-state index contributed by atoms with van der Waals surface area (Å²) in [5.41, 5.74) is 6.72. The summed E-state index contributed by atoms with van der Waals surface area (Å²) in [5.74, 6) is 1.08. The first-order valence-electron chi connectivity index (χ1n) is 5.91. The lowest BCUT2D eigenvalue weighted by Crippen LogP contribution is -2.28. The molecule has 2 amide bonds. The van der Waals surface area contributed by atoms with Gasteiger partial charge in [0.05, 0.1) is 7.11 Å². The second-order valence-corrected chi connectivity index (χ2v) is 4.32. The Morgan fingerprint density at radius 1 is 1.21 bits per heavy atom. The molecular weight excluding hydrogens is 242 g/mol. The fourth-order valence-corrected chi connectivity index (χ4v) is 2.37. The second-order valence-electron chi connectivity index (χ2n) is 4.32. The van der Waals surface area contributed by atoms with Gasteiger partial charge in [0, 0.05) is 5.39 Å². The highest BCUT2D eigenvalue weighted by Crippen LogP contribution is 2.32. The molecule has 1 heterocycles. The fourth-order valence-electron chi connectivity index (χ4n) is 2.37. The van der Waals surface area contributed by atoms with E-state index in [1.165, 1.54) is 0 Å². The molecule has 3 N–H and O–H groups in total. The number of amides is 2. The van der Waals surface area contributed by atoms with Crippen LogP contribution in [0.3, 0.4) is 0 Å². The number of methoxy groups -OCH3 is 1. The maximum absolute atomic E-state index is 11.3. The summed E-state index contributed by atoms with van der Waals surface area (Å²) >= 11 is 0. The lowest BCUT2D eigenvalue weighted by molar-refractivity contribution is 0.250. The minimum absolute atomic E-state index is 0.292. The fraction of sp³-hybridized carbons (Fsp3) is 0.143. The summed E-state index contributed by atoms with van der Waals surface area (Å²) in [6, 6.07) is 10.8. The molecule has 0 bridgehead atoms. The number of rotatable bonds is 2. The molecule has 0 aliphatic carbocycles. The number of amidine groups is 1. The molecule has 2 aromatic rings. The number of ether oxygens (including phenoxy) is 1. The van der Waals surface area contributed by atoms with Crippen molar-refractivity contribution in [3.8, 4) is 5.75 Å². The molecule has 0 spiro atoms. The smallest absolute Gasteiger partial charge is 0.343 e. The van der Waals surface area contributed by atoms with Gasteiger partial charge in [0.25, 0.3) is 0 Å². The van der Waals surface area contributed by atoms with Crippen LogP contribution in [0.15, 0.2) is 41.4 Å². The number of benzene rings is 2. The van der Waals surface area contributed by atoms with Crippen molar-refractivity contribution in [1.29, 1.82) is 0 Å². The second kappa shape index (κ2) is 4.28. The molecule has 0 radical (unpaired) electrons. The molecular formula is C14H13N3O2. The Bertz CT molecular complexity index is 694. The topological polar surface area (TPSA) is 76.7 Å². The van der Waals surface area contributed by atoms with E-state index < -0.39 is 6.03 Å². The van der Waals surface area contributed by atoms with Gasteiger partial charge in [0.2, 0.25) is 0 Å². The standard InChI is InChI=1S/C14H13N3O2/c1-19-11-7-6-10(8-4-2-3-5-9(8)11)12-13(15)17-14(18)16-12/h2-7,12H,1H3,(H3,15,16,17,18). The molecule has 0 saturated carbocycles. The van der Waals surface area contributed by atoms with Crippen molar-refractivity contribution in [2.24, 2.45) is 10.7 Å². The molecule has 2 aromatic carbocycles. The first-order valence-corrected chi connectivity index (χ1v) is 5.91. The van der Waals surface area contributed by atoms with E-state index in [1.54, 1.807) is 7.11 Å². The lowest BCUT2D eigenvalue weighted by atomic mass is 9.98. The van der Waals surface area contributed by atoms with Crippen molar-refractivity contribution >= 4 is 22.6 Å². The summed E-state index contributed by atoms with van der Waals surface area (Å²) in [4.78, 5) is 15.0. The number of urea groups is 1. The SMILES string of the molecule is COc1ccc(C2NC(=O)N=C2N)c2ccccc12. The third-order valence-electron chi connectivity index (χ3n) is 3.24. The van der Waals surface area contributed by atoms with Crippen molar-refractivity contribution in [1.82, 2.24) is 5.32 Å². The summed E-state index contributed by atoms with van der Waals surface area (Å²) in [5, 5.41) is 4.72. The summed E-state index contributed by atoms with van der Waals surface area (Å²) in [7, 11) is 1.63. The summed E-state index contributed by atoms with van der Waals surface area (Å²) < 4.78 is 5.34. The molecule has 1 unspecified atom stereocenters. The molecule has 3 rings (SSSR count). The Morgan fingerprint density at radius 2 is 1.95 bits per heavy atom. The Balaban J connectivity index is 2.21. The van der Waals surface area contributed by atoms with E-state index in [2.05, 4.69) is 10.3 Å². The maximum Gasteiger partial charge on any atom is 0.343 e. The number of hydrogen-bond donors (Lipinski definition) is 2. The Morgan fingerprint density at radius 3 is 2.58 bits per heavy atom. The molecule has 19 heavy (non-hydrogen) atoms. The van der Waals surface area contributed by atoms with Crippen LogP contribution in [0.2, 0.25) is 0 Å². The molecule has 0 saturated heterocycles. The van der Waals surface area contributed by atoms with Crippen molar-refractivity contribution in [2.75, 3.05) is 7.11 Å². The van der Waals surface area contributed by atoms with E-state index in [0.29, 0.717) is 5.84 Å². The van der Waals surface area contributed by atoms with Crippen LogP contribution in [0.4, 0.5) is 4.79 Å². The van der Waals surface area contributed by atoms with Gasteiger partial charge >= 0.3 is 6.03 Å². The van der Waals surface area contributed by atoms with Gasteiger partial charge in [0.1, 0.15) is 17.6 Å². The van der Waals surface area contributed by atoms with E-state index in [4.69, 9.17) is 10.5 Å². The number of carbonyl (C=O) groups is 1. The van der Waals surface area contributed by atoms with Crippen molar-refractivity contribution in [3.05, 3.63) is 42.0 Å². The van der Waals surface area contributed by atoms with Crippen LogP contribution in [-0.4, -0.2) is 19.0 Å². The molecule has 0 aromatic heterocycles. The Labute approximate surface area is 110 Å². The molecule has 5 heteroatoms. The third kappa shape index (κ3) is 1.79. The number of carbonyl (C=O) groups excluding carboxylic acids is 1. The largest absolute Gasteiger partial charge is 0.496 e. The predicted molar refractivity (Wildman–Crippen MR) is 73.4 cm³/mol. The van der Waals surface area contributed by atoms with Crippen molar-refractivity contribution in [2.45, 2.75) is 6.04 Å². The van der Waals surface area contributed by atoms with Crippen LogP contribution >= 0.6 is 0 Å². The number of nitrogens with two attached hydrogens (primary N) is 1. The average molecular weight is 255 g/mol. The third-order valence-corrected chi connectivity index (χ3v) is 3.24. The maximum atomic E-state index is 11.3. The van der Waals surface area contributed by atoms with Gasteiger partial charge in [-0.15, -0.1) is 0 Å². The summed E-state index contributed by atoms with van der Waals surface area (Å²) in [6.45, 7) is 0. The zero-order valence-electron chi connectivity index (χ0n) is 10.4.